The molecule has 1 fully saturated rings. The average molecular weight is 316 g/mol. The Hall–Kier alpha value is -2.01. The summed E-state index contributed by atoms with van der Waals surface area (Å²) in [7, 11) is 1.68. The summed E-state index contributed by atoms with van der Waals surface area (Å²) in [6, 6.07) is 8.51. The summed E-state index contributed by atoms with van der Waals surface area (Å²) in [5, 5.41) is 4.02. The first-order chi connectivity index (χ1) is 11.2. The van der Waals surface area contributed by atoms with Gasteiger partial charge in [-0.25, -0.2) is 0 Å². The van der Waals surface area contributed by atoms with E-state index < -0.39 is 0 Å². The molecule has 1 atom stereocenters. The molecule has 0 amide bonds. The molecule has 2 heterocycles. The van der Waals surface area contributed by atoms with E-state index in [1.807, 2.05) is 26.0 Å². The van der Waals surface area contributed by atoms with Crippen LogP contribution in [0.4, 0.5) is 0 Å². The minimum absolute atomic E-state index is 0.314. The van der Waals surface area contributed by atoms with E-state index in [9.17, 15) is 0 Å². The highest BCUT2D eigenvalue weighted by molar-refractivity contribution is 5.43. The molecule has 2 aromatic rings. The highest BCUT2D eigenvalue weighted by Gasteiger charge is 2.29. The number of aryl methyl sites for hydroxylation is 1. The van der Waals surface area contributed by atoms with Crippen molar-refractivity contribution in [2.45, 2.75) is 39.3 Å². The number of nitrogens with zero attached hydrogens (tertiary/aromatic N) is 2. The Morgan fingerprint density at radius 1 is 1.30 bits per heavy atom. The molecule has 23 heavy (non-hydrogen) atoms. The van der Waals surface area contributed by atoms with E-state index in [0.717, 1.165) is 42.5 Å². The molecule has 0 unspecified atom stereocenters. The Bertz CT molecular complexity index is 653. The van der Waals surface area contributed by atoms with Crippen molar-refractivity contribution < 1.29 is 14.0 Å². The molecular formula is C18H24N2O3. The lowest BCUT2D eigenvalue weighted by Gasteiger charge is -2.22. The van der Waals surface area contributed by atoms with Gasteiger partial charge in [-0.2, -0.15) is 0 Å². The lowest BCUT2D eigenvalue weighted by molar-refractivity contribution is 0.206. The van der Waals surface area contributed by atoms with Crippen molar-refractivity contribution in [3.8, 4) is 11.5 Å². The molecular weight excluding hydrogens is 292 g/mol. The predicted molar refractivity (Wildman–Crippen MR) is 87.8 cm³/mol. The summed E-state index contributed by atoms with van der Waals surface area (Å²) in [6.07, 6.45) is 2.29. The first-order valence-electron chi connectivity index (χ1n) is 8.18. The van der Waals surface area contributed by atoms with Crippen LogP contribution in [0, 0.1) is 6.92 Å². The molecule has 0 bridgehead atoms. The molecule has 0 N–H and O–H groups in total. The summed E-state index contributed by atoms with van der Waals surface area (Å²) in [6.45, 7) is 6.51. The van der Waals surface area contributed by atoms with Gasteiger partial charge in [0.2, 0.25) is 0 Å². The fourth-order valence-electron chi connectivity index (χ4n) is 3.20. The summed E-state index contributed by atoms with van der Waals surface area (Å²) in [5.41, 5.74) is 2.16. The highest BCUT2D eigenvalue weighted by atomic mass is 16.5. The average Bonchev–Trinajstić information content (AvgIpc) is 3.17. The third-order valence-electron chi connectivity index (χ3n) is 4.25. The monoisotopic (exact) mass is 316 g/mol. The maximum atomic E-state index is 5.58. The molecule has 1 aromatic heterocycles. The lowest BCUT2D eigenvalue weighted by atomic mass is 10.1. The van der Waals surface area contributed by atoms with Gasteiger partial charge in [0, 0.05) is 12.6 Å². The van der Waals surface area contributed by atoms with E-state index in [4.69, 9.17) is 14.0 Å². The number of ether oxygens (including phenoxy) is 2. The zero-order valence-electron chi connectivity index (χ0n) is 14.0. The summed E-state index contributed by atoms with van der Waals surface area (Å²) < 4.78 is 16.5. The van der Waals surface area contributed by atoms with Crippen LogP contribution < -0.4 is 9.47 Å². The van der Waals surface area contributed by atoms with Crippen LogP contribution in [0.3, 0.4) is 0 Å². The van der Waals surface area contributed by atoms with Gasteiger partial charge in [0.25, 0.3) is 0 Å². The predicted octanol–water partition coefficient (Wildman–Crippen LogP) is 3.73. The fourth-order valence-corrected chi connectivity index (χ4v) is 3.20. The van der Waals surface area contributed by atoms with Crippen molar-refractivity contribution in [3.63, 3.8) is 0 Å². The number of likely N-dealkylation sites (tertiary alicyclic amines) is 1. The van der Waals surface area contributed by atoms with E-state index in [2.05, 4.69) is 22.2 Å². The number of benzene rings is 1. The third-order valence-corrected chi connectivity index (χ3v) is 4.25. The molecule has 124 valence electrons. The highest BCUT2D eigenvalue weighted by Crippen LogP contribution is 2.35. The van der Waals surface area contributed by atoms with E-state index in [1.165, 1.54) is 12.0 Å². The van der Waals surface area contributed by atoms with Gasteiger partial charge in [-0.1, -0.05) is 11.2 Å². The maximum absolute atomic E-state index is 5.58. The zero-order valence-corrected chi connectivity index (χ0v) is 14.0. The van der Waals surface area contributed by atoms with Gasteiger partial charge in [-0.3, -0.25) is 4.90 Å². The van der Waals surface area contributed by atoms with Gasteiger partial charge in [0.05, 0.1) is 25.5 Å². The van der Waals surface area contributed by atoms with Crippen molar-refractivity contribution in [3.05, 3.63) is 41.3 Å². The van der Waals surface area contributed by atoms with E-state index >= 15 is 0 Å². The molecule has 0 saturated carbocycles. The first-order valence-corrected chi connectivity index (χ1v) is 8.18. The van der Waals surface area contributed by atoms with Crippen LogP contribution in [0.2, 0.25) is 0 Å². The van der Waals surface area contributed by atoms with Gasteiger partial charge >= 0.3 is 0 Å². The molecule has 5 nitrogen and oxygen atoms in total. The van der Waals surface area contributed by atoms with Crippen LogP contribution in [-0.4, -0.2) is 30.3 Å². The van der Waals surface area contributed by atoms with E-state index in [0.29, 0.717) is 12.6 Å². The number of aromatic nitrogens is 1. The smallest absolute Gasteiger partial charge is 0.161 e. The molecule has 1 saturated heterocycles. The quantitative estimate of drug-likeness (QED) is 0.812. The molecule has 0 radical (unpaired) electrons. The number of hydrogen-bond donors (Lipinski definition) is 0. The Kier molecular flexibility index (Phi) is 4.86. The summed E-state index contributed by atoms with van der Waals surface area (Å²) in [4.78, 5) is 2.44. The van der Waals surface area contributed by atoms with Gasteiger partial charge in [-0.05, 0) is 50.9 Å². The second kappa shape index (κ2) is 7.04. The van der Waals surface area contributed by atoms with Crippen molar-refractivity contribution >= 4 is 0 Å². The molecule has 3 rings (SSSR count). The standard InChI is InChI=1S/C18H24N2O3/c1-4-22-16-8-7-14(11-18(16)21-3)12-20-9-5-6-15(20)17-10-13(2)19-23-17/h7-8,10-11,15H,4-6,9,12H2,1-3H3/t15-/m1/s1. The normalized spacial score (nSPS) is 18.3. The lowest BCUT2D eigenvalue weighted by Crippen LogP contribution is -2.22. The Balaban J connectivity index is 1.75. The van der Waals surface area contributed by atoms with Crippen molar-refractivity contribution in [1.82, 2.24) is 10.1 Å². The number of rotatable bonds is 6. The summed E-state index contributed by atoms with van der Waals surface area (Å²) >= 11 is 0. The fraction of sp³-hybridized carbons (Fsp3) is 0.500. The maximum Gasteiger partial charge on any atom is 0.161 e. The topological polar surface area (TPSA) is 47.7 Å². The Morgan fingerprint density at radius 2 is 2.17 bits per heavy atom. The minimum atomic E-state index is 0.314. The van der Waals surface area contributed by atoms with Crippen molar-refractivity contribution in [1.29, 1.82) is 0 Å². The van der Waals surface area contributed by atoms with Crippen LogP contribution in [0.5, 0.6) is 11.5 Å². The van der Waals surface area contributed by atoms with Gasteiger partial charge in [0.1, 0.15) is 0 Å². The third kappa shape index (κ3) is 3.50. The SMILES string of the molecule is CCOc1ccc(CN2CCC[C@@H]2c2cc(C)no2)cc1OC. The first kappa shape index (κ1) is 15.9. The largest absolute Gasteiger partial charge is 0.493 e. The Morgan fingerprint density at radius 3 is 2.87 bits per heavy atom. The number of hydrogen-bond acceptors (Lipinski definition) is 5. The van der Waals surface area contributed by atoms with Crippen LogP contribution in [-0.2, 0) is 6.54 Å². The minimum Gasteiger partial charge on any atom is -0.493 e. The van der Waals surface area contributed by atoms with Crippen LogP contribution in [0.1, 0.15) is 42.8 Å². The van der Waals surface area contributed by atoms with E-state index in [1.54, 1.807) is 7.11 Å². The van der Waals surface area contributed by atoms with Crippen LogP contribution in [0.15, 0.2) is 28.8 Å². The molecule has 0 aliphatic carbocycles. The van der Waals surface area contributed by atoms with Gasteiger partial charge in [0.15, 0.2) is 17.3 Å². The van der Waals surface area contributed by atoms with Gasteiger partial charge < -0.3 is 14.0 Å². The van der Waals surface area contributed by atoms with Crippen LogP contribution >= 0.6 is 0 Å². The molecule has 1 aliphatic heterocycles. The number of methoxy groups -OCH3 is 1. The molecule has 0 spiro atoms. The van der Waals surface area contributed by atoms with Crippen molar-refractivity contribution in [2.24, 2.45) is 0 Å². The summed E-state index contributed by atoms with van der Waals surface area (Å²) in [5.74, 6) is 2.55. The Labute approximate surface area is 137 Å². The van der Waals surface area contributed by atoms with Gasteiger partial charge in [-0.15, -0.1) is 0 Å². The molecule has 1 aromatic carbocycles. The van der Waals surface area contributed by atoms with Crippen molar-refractivity contribution in [2.75, 3.05) is 20.3 Å². The van der Waals surface area contributed by atoms with E-state index in [-0.39, 0.29) is 0 Å². The van der Waals surface area contributed by atoms with Crippen LogP contribution in [0.25, 0.3) is 0 Å². The second-order valence-electron chi connectivity index (χ2n) is 5.92. The molecule has 1 aliphatic rings. The molecule has 5 heteroatoms. The zero-order chi connectivity index (χ0) is 16.2. The second-order valence-corrected chi connectivity index (χ2v) is 5.92.